The van der Waals surface area contributed by atoms with E-state index < -0.39 is 11.8 Å². The summed E-state index contributed by atoms with van der Waals surface area (Å²) >= 11 is 0. The highest BCUT2D eigenvalue weighted by atomic mass is 16.5. The minimum Gasteiger partial charge on any atom is -0.456 e. The van der Waals surface area contributed by atoms with E-state index in [1.54, 1.807) is 6.20 Å². The lowest BCUT2D eigenvalue weighted by molar-refractivity contribution is -0.572. The molecule has 0 aliphatic heterocycles. The van der Waals surface area contributed by atoms with Gasteiger partial charge in [-0.2, -0.15) is 0 Å². The Morgan fingerprint density at radius 1 is 0.685 bits per heavy atom. The molecule has 54 heavy (non-hydrogen) atoms. The van der Waals surface area contributed by atoms with Gasteiger partial charge in [0, 0.05) is 32.0 Å². The van der Waals surface area contributed by atoms with E-state index in [1.165, 1.54) is 11.1 Å². The molecule has 6 heteroatoms. The quantitative estimate of drug-likeness (QED) is 0.127. The highest BCUT2D eigenvalue weighted by Crippen LogP contribution is 2.36. The van der Waals surface area contributed by atoms with Gasteiger partial charge in [-0.15, -0.1) is 0 Å². The zero-order chi connectivity index (χ0) is 39.8. The third-order valence-electron chi connectivity index (χ3n) is 9.83. The van der Waals surface area contributed by atoms with Crippen molar-refractivity contribution in [2.75, 3.05) is 0 Å². The lowest BCUT2D eigenvalue weighted by Crippen LogP contribution is -2.30. The molecule has 4 aromatic heterocycles. The fourth-order valence-electron chi connectivity index (χ4n) is 7.10. The van der Waals surface area contributed by atoms with Crippen molar-refractivity contribution in [2.45, 2.75) is 79.5 Å². The van der Waals surface area contributed by atoms with Crippen LogP contribution in [0.15, 0.2) is 122 Å². The van der Waals surface area contributed by atoms with Gasteiger partial charge in [-0.1, -0.05) is 110 Å². The first kappa shape index (κ1) is 32.9. The van der Waals surface area contributed by atoms with Crippen LogP contribution in [0.1, 0.15) is 81.7 Å². The van der Waals surface area contributed by atoms with E-state index in [2.05, 4.69) is 124 Å². The average Bonchev–Trinajstić information content (AvgIpc) is 3.70. The summed E-state index contributed by atoms with van der Waals surface area (Å²) < 4.78 is 30.8. The van der Waals surface area contributed by atoms with Crippen molar-refractivity contribution in [3.8, 4) is 28.7 Å². The maximum Gasteiger partial charge on any atom is 0.269 e. The number of rotatable bonds is 6. The number of hydrogen-bond donors (Lipinski definition) is 0. The topological polar surface area (TPSA) is 48.8 Å². The van der Waals surface area contributed by atoms with Crippen molar-refractivity contribution in [3.63, 3.8) is 0 Å². The monoisotopic (exact) mass is 713 g/mol. The summed E-state index contributed by atoms with van der Waals surface area (Å²) in [5.41, 5.74) is 7.95. The second-order valence-electron chi connectivity index (χ2n) is 17.3. The number of aromatic nitrogens is 5. The number of fused-ring (bicyclic) bond motifs is 4. The number of para-hydroxylation sites is 1. The summed E-state index contributed by atoms with van der Waals surface area (Å²) in [5, 5.41) is 2.27. The first-order valence-electron chi connectivity index (χ1n) is 19.6. The van der Waals surface area contributed by atoms with Crippen LogP contribution in [0.5, 0.6) is 11.5 Å². The van der Waals surface area contributed by atoms with E-state index in [1.807, 2.05) is 78.7 Å². The Morgan fingerprint density at radius 3 is 2.22 bits per heavy atom. The van der Waals surface area contributed by atoms with Gasteiger partial charge in [-0.25, -0.2) is 4.98 Å². The summed E-state index contributed by atoms with van der Waals surface area (Å²) in [6.45, 7) is 19.1. The van der Waals surface area contributed by atoms with Crippen molar-refractivity contribution in [1.82, 2.24) is 19.1 Å². The van der Waals surface area contributed by atoms with Crippen LogP contribution in [0.3, 0.4) is 0 Å². The summed E-state index contributed by atoms with van der Waals surface area (Å²) in [4.78, 5) is 9.47. The van der Waals surface area contributed by atoms with E-state index >= 15 is 0 Å². The molecule has 0 N–H and O–H groups in total. The van der Waals surface area contributed by atoms with Crippen LogP contribution < -0.4 is 9.30 Å². The fraction of sp³-hybridized carbons (Fsp3) is 0.271. The lowest BCUT2D eigenvalue weighted by atomic mass is 9.87. The van der Waals surface area contributed by atoms with Gasteiger partial charge >= 0.3 is 0 Å². The molecule has 0 amide bonds. The molecule has 0 atom stereocenters. The van der Waals surface area contributed by atoms with Gasteiger partial charge in [0.15, 0.2) is 0 Å². The molecule has 0 fully saturated rings. The van der Waals surface area contributed by atoms with Crippen molar-refractivity contribution in [1.29, 1.82) is 0 Å². The predicted molar refractivity (Wildman–Crippen MR) is 221 cm³/mol. The van der Waals surface area contributed by atoms with Crippen LogP contribution in [-0.4, -0.2) is 19.1 Å². The summed E-state index contributed by atoms with van der Waals surface area (Å²) in [7, 11) is 0. The van der Waals surface area contributed by atoms with E-state index in [4.69, 9.17) is 12.5 Å². The number of ether oxygens (including phenoxy) is 1. The van der Waals surface area contributed by atoms with Gasteiger partial charge in [0.25, 0.3) is 6.33 Å². The molecule has 0 unspecified atom stereocenters. The second kappa shape index (κ2) is 13.0. The summed E-state index contributed by atoms with van der Waals surface area (Å²) in [6, 6.07) is 35.1. The standard InChI is InChI=1S/C48H49N5O/c1-46(2,3)28-32-13-12-14-35(23-32)51-31-52(42-20-17-33(24-44(42)51)47(4,5)6)36-26-38(30-49-29-36)54-37-18-19-40-39-15-10-11-16-41(39)53(43(40)27-37)45-25-34(21-22-50-45)48(7,8)9/h10-27,29-30H,28H2,1-9H3/i28D2. The van der Waals surface area contributed by atoms with Gasteiger partial charge in [0.05, 0.1) is 39.6 Å². The molecule has 8 rings (SSSR count). The van der Waals surface area contributed by atoms with E-state index in [0.29, 0.717) is 17.1 Å². The molecule has 8 aromatic rings. The molecule has 0 aliphatic carbocycles. The van der Waals surface area contributed by atoms with Gasteiger partial charge < -0.3 is 4.74 Å². The predicted octanol–water partition coefficient (Wildman–Crippen LogP) is 11.6. The maximum absolute atomic E-state index is 8.99. The smallest absolute Gasteiger partial charge is 0.269 e. The van der Waals surface area contributed by atoms with Crippen molar-refractivity contribution < 1.29 is 12.0 Å². The number of pyridine rings is 2. The lowest BCUT2D eigenvalue weighted by Gasteiger charge is -2.20. The first-order valence-corrected chi connectivity index (χ1v) is 18.6. The van der Waals surface area contributed by atoms with Crippen molar-refractivity contribution >= 4 is 32.8 Å². The molecule has 0 spiro atoms. The molecule has 4 aromatic carbocycles. The maximum atomic E-state index is 8.99. The minimum atomic E-state index is -1.54. The summed E-state index contributed by atoms with van der Waals surface area (Å²) in [5.74, 6) is 2.14. The van der Waals surface area contributed by atoms with E-state index in [0.717, 1.165) is 50.0 Å². The SMILES string of the molecule is [2H]C([2H])(c1cccc(-[n+]2[c-]n(-c3cncc(Oc4ccc5c6ccccc6n(-c6cc(C(C)(C)C)ccn6)c5c4)c3)c3ccc(C(C)(C)C)cc32)c1)C(C)(C)C. The second-order valence-corrected chi connectivity index (χ2v) is 17.3. The molecule has 0 bridgehead atoms. The highest BCUT2D eigenvalue weighted by molar-refractivity contribution is 6.09. The molecule has 4 heterocycles. The van der Waals surface area contributed by atoms with Crippen LogP contribution in [0.4, 0.5) is 0 Å². The summed E-state index contributed by atoms with van der Waals surface area (Å²) in [6.07, 6.45) is 7.49. The zero-order valence-electron chi connectivity index (χ0n) is 34.7. The van der Waals surface area contributed by atoms with Gasteiger partial charge in [0.1, 0.15) is 17.3 Å². The molecule has 0 saturated carbocycles. The van der Waals surface area contributed by atoms with Gasteiger partial charge in [-0.05, 0) is 88.3 Å². The van der Waals surface area contributed by atoms with Crippen LogP contribution in [0, 0.1) is 11.7 Å². The Hall–Kier alpha value is -5.75. The minimum absolute atomic E-state index is 0.0224. The largest absolute Gasteiger partial charge is 0.456 e. The van der Waals surface area contributed by atoms with Crippen LogP contribution >= 0.6 is 0 Å². The van der Waals surface area contributed by atoms with E-state index in [9.17, 15) is 0 Å². The fourth-order valence-corrected chi connectivity index (χ4v) is 7.10. The molecule has 0 saturated heterocycles. The number of hydrogen-bond acceptors (Lipinski definition) is 3. The molecular weight excluding hydrogens is 663 g/mol. The number of nitrogens with zero attached hydrogens (tertiary/aromatic N) is 5. The molecule has 272 valence electrons. The first-order chi connectivity index (χ1) is 26.4. The van der Waals surface area contributed by atoms with Crippen LogP contribution in [0.25, 0.3) is 50.0 Å². The highest BCUT2D eigenvalue weighted by Gasteiger charge is 2.21. The zero-order valence-corrected chi connectivity index (χ0v) is 32.7. The normalized spacial score (nSPS) is 13.4. The number of benzene rings is 4. The van der Waals surface area contributed by atoms with Crippen LogP contribution in [0.2, 0.25) is 0 Å². The molecule has 0 aliphatic rings. The van der Waals surface area contributed by atoms with Crippen LogP contribution in [-0.2, 0) is 17.2 Å². The van der Waals surface area contributed by atoms with Crippen molar-refractivity contribution in [2.24, 2.45) is 5.41 Å². The van der Waals surface area contributed by atoms with Gasteiger partial charge in [-0.3, -0.25) is 18.7 Å². The molecular formula is C48H49N5O. The van der Waals surface area contributed by atoms with E-state index in [-0.39, 0.29) is 10.8 Å². The third-order valence-corrected chi connectivity index (χ3v) is 9.83. The molecule has 6 nitrogen and oxygen atoms in total. The Balaban J connectivity index is 1.22. The number of imidazole rings is 1. The Bertz CT molecular complexity index is 2770. The van der Waals surface area contributed by atoms with Gasteiger partial charge in [0.2, 0.25) is 0 Å². The Kier molecular flexibility index (Phi) is 7.90. The Morgan fingerprint density at radius 2 is 1.44 bits per heavy atom. The average molecular weight is 714 g/mol. The third kappa shape index (κ3) is 6.77. The molecule has 0 radical (unpaired) electrons. The Labute approximate surface area is 321 Å². The van der Waals surface area contributed by atoms with Crippen molar-refractivity contribution in [3.05, 3.63) is 145 Å².